The Hall–Kier alpha value is -0.220. The smallest absolute Gasteiger partial charge is 0.222 e. The summed E-state index contributed by atoms with van der Waals surface area (Å²) in [6, 6.07) is 0.383. The first kappa shape index (κ1) is 12.8. The lowest BCUT2D eigenvalue weighted by molar-refractivity contribution is -0.133. The molecule has 2 unspecified atom stereocenters. The number of amides is 1. The molecule has 0 aromatic heterocycles. The number of nitrogens with zero attached hydrogens (tertiary/aromatic N) is 1. The predicted molar refractivity (Wildman–Crippen MR) is 66.0 cm³/mol. The summed E-state index contributed by atoms with van der Waals surface area (Å²) in [5.41, 5.74) is 5.41. The van der Waals surface area contributed by atoms with Crippen LogP contribution in [0.15, 0.2) is 0 Å². The zero-order valence-electron chi connectivity index (χ0n) is 9.74. The highest BCUT2D eigenvalue weighted by atomic mass is 32.2. The third-order valence-corrected chi connectivity index (χ3v) is 4.39. The number of hydrogen-bond donors (Lipinski definition) is 1. The van der Waals surface area contributed by atoms with E-state index in [2.05, 4.69) is 13.8 Å². The number of rotatable bonds is 4. The standard InChI is InChI=1S/C11H22N2OS/c1-9-10(2)15-8-7-13(9)11(14)5-3-4-6-12/h9-10H,3-8,12H2,1-2H3. The van der Waals surface area contributed by atoms with Gasteiger partial charge in [-0.15, -0.1) is 0 Å². The number of carbonyl (C=O) groups is 1. The maximum absolute atomic E-state index is 11.9. The van der Waals surface area contributed by atoms with Crippen molar-refractivity contribution < 1.29 is 4.79 Å². The van der Waals surface area contributed by atoms with Crippen LogP contribution in [0.25, 0.3) is 0 Å². The van der Waals surface area contributed by atoms with Crippen molar-refractivity contribution in [3.63, 3.8) is 0 Å². The molecule has 1 rings (SSSR count). The van der Waals surface area contributed by atoms with Crippen molar-refractivity contribution in [3.05, 3.63) is 0 Å². The first-order valence-corrected chi connectivity index (χ1v) is 6.83. The Balaban J connectivity index is 2.37. The second kappa shape index (κ2) is 6.38. The molecule has 0 spiro atoms. The van der Waals surface area contributed by atoms with E-state index in [1.54, 1.807) is 0 Å². The summed E-state index contributed by atoms with van der Waals surface area (Å²) in [6.45, 7) is 5.96. The Bertz CT molecular complexity index is 211. The Labute approximate surface area is 96.8 Å². The topological polar surface area (TPSA) is 46.3 Å². The van der Waals surface area contributed by atoms with E-state index in [0.717, 1.165) is 25.1 Å². The molecule has 15 heavy (non-hydrogen) atoms. The summed E-state index contributed by atoms with van der Waals surface area (Å²) >= 11 is 1.96. The molecule has 1 aliphatic rings. The van der Waals surface area contributed by atoms with Crippen molar-refractivity contribution >= 4 is 17.7 Å². The Morgan fingerprint density at radius 1 is 1.47 bits per heavy atom. The van der Waals surface area contributed by atoms with Crippen LogP contribution < -0.4 is 5.73 Å². The molecular weight excluding hydrogens is 208 g/mol. The Morgan fingerprint density at radius 3 is 2.87 bits per heavy atom. The van der Waals surface area contributed by atoms with E-state index in [0.29, 0.717) is 30.2 Å². The predicted octanol–water partition coefficient (Wildman–Crippen LogP) is 1.47. The molecule has 0 aromatic rings. The molecule has 1 aliphatic heterocycles. The van der Waals surface area contributed by atoms with Crippen molar-refractivity contribution in [3.8, 4) is 0 Å². The number of nitrogens with two attached hydrogens (primary N) is 1. The highest BCUT2D eigenvalue weighted by Crippen LogP contribution is 2.24. The van der Waals surface area contributed by atoms with Crippen LogP contribution in [0, 0.1) is 0 Å². The summed E-state index contributed by atoms with van der Waals surface area (Å²) in [5.74, 6) is 1.39. The minimum absolute atomic E-state index is 0.308. The zero-order valence-corrected chi connectivity index (χ0v) is 10.6. The summed E-state index contributed by atoms with van der Waals surface area (Å²) < 4.78 is 0. The van der Waals surface area contributed by atoms with E-state index in [-0.39, 0.29) is 0 Å². The van der Waals surface area contributed by atoms with E-state index < -0.39 is 0 Å². The molecule has 1 fully saturated rings. The van der Waals surface area contributed by atoms with Crippen molar-refractivity contribution in [2.45, 2.75) is 44.4 Å². The molecule has 1 amide bonds. The molecule has 0 bridgehead atoms. The SMILES string of the molecule is CC1SCCN(C(=O)CCCCN)C1C. The van der Waals surface area contributed by atoms with Crippen molar-refractivity contribution in [2.24, 2.45) is 5.73 Å². The molecule has 4 heteroatoms. The first-order chi connectivity index (χ1) is 7.16. The average molecular weight is 230 g/mol. The van der Waals surface area contributed by atoms with Gasteiger partial charge >= 0.3 is 0 Å². The number of hydrogen-bond acceptors (Lipinski definition) is 3. The minimum Gasteiger partial charge on any atom is -0.338 e. The van der Waals surface area contributed by atoms with Gasteiger partial charge in [-0.1, -0.05) is 6.92 Å². The number of carbonyl (C=O) groups excluding carboxylic acids is 1. The van der Waals surface area contributed by atoms with Gasteiger partial charge in [0.2, 0.25) is 5.91 Å². The minimum atomic E-state index is 0.308. The van der Waals surface area contributed by atoms with Crippen LogP contribution in [-0.4, -0.2) is 40.9 Å². The fraction of sp³-hybridized carbons (Fsp3) is 0.909. The molecule has 2 N–H and O–H groups in total. The van der Waals surface area contributed by atoms with E-state index in [1.807, 2.05) is 16.7 Å². The normalized spacial score (nSPS) is 26.7. The average Bonchev–Trinajstić information content (AvgIpc) is 2.22. The summed E-state index contributed by atoms with van der Waals surface area (Å²) in [6.07, 6.45) is 2.55. The van der Waals surface area contributed by atoms with Crippen LogP contribution in [0.3, 0.4) is 0 Å². The van der Waals surface area contributed by atoms with Crippen molar-refractivity contribution in [1.29, 1.82) is 0 Å². The van der Waals surface area contributed by atoms with Gasteiger partial charge in [-0.2, -0.15) is 11.8 Å². The molecule has 0 saturated carbocycles. The van der Waals surface area contributed by atoms with Crippen LogP contribution >= 0.6 is 11.8 Å². The second-order valence-corrected chi connectivity index (χ2v) is 5.63. The van der Waals surface area contributed by atoms with E-state index in [4.69, 9.17) is 5.73 Å². The van der Waals surface area contributed by atoms with Crippen LogP contribution in [0.5, 0.6) is 0 Å². The van der Waals surface area contributed by atoms with E-state index >= 15 is 0 Å². The Morgan fingerprint density at radius 2 is 2.20 bits per heavy atom. The lowest BCUT2D eigenvalue weighted by Crippen LogP contribution is -2.47. The van der Waals surface area contributed by atoms with Crippen LogP contribution in [0.2, 0.25) is 0 Å². The summed E-state index contributed by atoms with van der Waals surface area (Å²) in [7, 11) is 0. The molecule has 0 aliphatic carbocycles. The van der Waals surface area contributed by atoms with Gasteiger partial charge in [0.1, 0.15) is 0 Å². The van der Waals surface area contributed by atoms with Crippen molar-refractivity contribution in [2.75, 3.05) is 18.8 Å². The molecule has 3 nitrogen and oxygen atoms in total. The fourth-order valence-electron chi connectivity index (χ4n) is 1.85. The van der Waals surface area contributed by atoms with Gasteiger partial charge in [0, 0.05) is 30.0 Å². The van der Waals surface area contributed by atoms with Crippen LogP contribution in [0.4, 0.5) is 0 Å². The zero-order chi connectivity index (χ0) is 11.3. The molecule has 2 atom stereocenters. The summed E-state index contributed by atoms with van der Waals surface area (Å²) in [4.78, 5) is 13.9. The van der Waals surface area contributed by atoms with E-state index in [9.17, 15) is 4.79 Å². The lowest BCUT2D eigenvalue weighted by atomic mass is 10.1. The quantitative estimate of drug-likeness (QED) is 0.744. The highest BCUT2D eigenvalue weighted by molar-refractivity contribution is 8.00. The van der Waals surface area contributed by atoms with Gasteiger partial charge in [0.15, 0.2) is 0 Å². The fourth-order valence-corrected chi connectivity index (χ4v) is 2.95. The maximum atomic E-state index is 11.9. The highest BCUT2D eigenvalue weighted by Gasteiger charge is 2.28. The van der Waals surface area contributed by atoms with Gasteiger partial charge in [-0.05, 0) is 26.3 Å². The van der Waals surface area contributed by atoms with Gasteiger partial charge in [-0.3, -0.25) is 4.79 Å². The van der Waals surface area contributed by atoms with Gasteiger partial charge in [0.05, 0.1) is 0 Å². The summed E-state index contributed by atoms with van der Waals surface area (Å²) in [5, 5.41) is 0.567. The number of thioether (sulfide) groups is 1. The lowest BCUT2D eigenvalue weighted by Gasteiger charge is -2.37. The van der Waals surface area contributed by atoms with Crippen LogP contribution in [0.1, 0.15) is 33.1 Å². The molecule has 0 aromatic carbocycles. The monoisotopic (exact) mass is 230 g/mol. The van der Waals surface area contributed by atoms with Crippen LogP contribution in [-0.2, 0) is 4.79 Å². The first-order valence-electron chi connectivity index (χ1n) is 5.78. The Kier molecular flexibility index (Phi) is 5.47. The molecule has 1 saturated heterocycles. The molecule has 88 valence electrons. The van der Waals surface area contributed by atoms with Gasteiger partial charge in [0.25, 0.3) is 0 Å². The third-order valence-electron chi connectivity index (χ3n) is 3.05. The maximum Gasteiger partial charge on any atom is 0.222 e. The molecular formula is C11H22N2OS. The van der Waals surface area contributed by atoms with Gasteiger partial charge in [-0.25, -0.2) is 0 Å². The largest absolute Gasteiger partial charge is 0.338 e. The second-order valence-electron chi connectivity index (χ2n) is 4.15. The van der Waals surface area contributed by atoms with E-state index in [1.165, 1.54) is 0 Å². The van der Waals surface area contributed by atoms with Crippen molar-refractivity contribution in [1.82, 2.24) is 4.90 Å². The third kappa shape index (κ3) is 3.68. The van der Waals surface area contributed by atoms with Gasteiger partial charge < -0.3 is 10.6 Å². The molecule has 1 heterocycles. The molecule has 0 radical (unpaired) electrons. The number of unbranched alkanes of at least 4 members (excludes halogenated alkanes) is 1.